The molecule has 0 unspecified atom stereocenters. The standard InChI is InChI=1S/C13H27N2.Li/c1-5-14(4)12-10-8-9-11-13(12)15(6-2)7-3;/h12-13H,4-11H2,1-3H3;/q-1;+1/t12-,13-;/m1./s1. The van der Waals surface area contributed by atoms with Crippen molar-refractivity contribution in [3.05, 3.63) is 7.05 Å². The zero-order valence-corrected chi connectivity index (χ0v) is 11.7. The molecule has 1 aliphatic carbocycles. The van der Waals surface area contributed by atoms with Crippen LogP contribution in [-0.2, 0) is 0 Å². The Morgan fingerprint density at radius 3 is 1.88 bits per heavy atom. The molecule has 90 valence electrons. The van der Waals surface area contributed by atoms with Gasteiger partial charge in [0.1, 0.15) is 0 Å². The van der Waals surface area contributed by atoms with Gasteiger partial charge in [0.15, 0.2) is 0 Å². The number of rotatable bonds is 5. The molecule has 0 amide bonds. The van der Waals surface area contributed by atoms with Crippen LogP contribution >= 0.6 is 0 Å². The van der Waals surface area contributed by atoms with Crippen LogP contribution in [0.1, 0.15) is 46.5 Å². The van der Waals surface area contributed by atoms with Gasteiger partial charge in [0, 0.05) is 6.04 Å². The predicted octanol–water partition coefficient (Wildman–Crippen LogP) is -0.243. The van der Waals surface area contributed by atoms with E-state index >= 15 is 0 Å². The van der Waals surface area contributed by atoms with E-state index in [4.69, 9.17) is 0 Å². The first-order chi connectivity index (χ1) is 7.24. The summed E-state index contributed by atoms with van der Waals surface area (Å²) in [4.78, 5) is 4.90. The first kappa shape index (κ1) is 16.5. The van der Waals surface area contributed by atoms with Gasteiger partial charge in [0.25, 0.3) is 0 Å². The smallest absolute Gasteiger partial charge is 0.456 e. The predicted molar refractivity (Wildman–Crippen MR) is 66.7 cm³/mol. The molecule has 0 bridgehead atoms. The molecular formula is C13H27LiN2. The summed E-state index contributed by atoms with van der Waals surface area (Å²) in [6.07, 6.45) is 5.47. The minimum absolute atomic E-state index is 0. The average molecular weight is 218 g/mol. The van der Waals surface area contributed by atoms with Crippen LogP contribution in [0.25, 0.3) is 0 Å². The fourth-order valence-electron chi connectivity index (χ4n) is 2.87. The second-order valence-corrected chi connectivity index (χ2v) is 4.55. The van der Waals surface area contributed by atoms with Crippen molar-refractivity contribution in [3.63, 3.8) is 0 Å². The zero-order valence-electron chi connectivity index (χ0n) is 11.7. The third-order valence-corrected chi connectivity index (χ3v) is 3.85. The SMILES string of the molecule is [CH2-]N(CC)[C@@H]1CCCC[C@H]1N(CC)CC.[Li+]. The molecule has 0 heterocycles. The van der Waals surface area contributed by atoms with Crippen LogP contribution in [0, 0.1) is 7.05 Å². The van der Waals surface area contributed by atoms with E-state index < -0.39 is 0 Å². The van der Waals surface area contributed by atoms with Crippen LogP contribution in [0.3, 0.4) is 0 Å². The molecule has 1 aliphatic rings. The Morgan fingerprint density at radius 2 is 1.44 bits per heavy atom. The topological polar surface area (TPSA) is 6.48 Å². The second-order valence-electron chi connectivity index (χ2n) is 4.55. The fraction of sp³-hybridized carbons (Fsp3) is 0.923. The molecule has 1 fully saturated rings. The molecule has 1 rings (SSSR count). The van der Waals surface area contributed by atoms with Crippen molar-refractivity contribution < 1.29 is 18.9 Å². The number of nitrogens with zero attached hydrogens (tertiary/aromatic N) is 2. The van der Waals surface area contributed by atoms with E-state index in [0.29, 0.717) is 6.04 Å². The summed E-state index contributed by atoms with van der Waals surface area (Å²) in [5, 5.41) is 0. The Bertz CT molecular complexity index is 171. The maximum atomic E-state index is 4.19. The summed E-state index contributed by atoms with van der Waals surface area (Å²) in [6.45, 7) is 10.2. The first-order valence-corrected chi connectivity index (χ1v) is 6.55. The minimum atomic E-state index is 0. The van der Waals surface area contributed by atoms with Gasteiger partial charge in [-0.1, -0.05) is 33.6 Å². The molecule has 0 aromatic heterocycles. The van der Waals surface area contributed by atoms with Crippen LogP contribution in [0.5, 0.6) is 0 Å². The second kappa shape index (κ2) is 8.59. The molecule has 16 heavy (non-hydrogen) atoms. The van der Waals surface area contributed by atoms with Crippen LogP contribution in [0.2, 0.25) is 0 Å². The van der Waals surface area contributed by atoms with E-state index in [2.05, 4.69) is 37.6 Å². The molecule has 0 aromatic carbocycles. The van der Waals surface area contributed by atoms with Crippen LogP contribution < -0.4 is 18.9 Å². The average Bonchev–Trinajstić information content (AvgIpc) is 2.30. The Kier molecular flexibility index (Phi) is 8.86. The number of likely N-dealkylation sites (N-methyl/N-ethyl adjacent to an activating group) is 2. The third kappa shape index (κ3) is 4.07. The Hall–Kier alpha value is 0.517. The first-order valence-electron chi connectivity index (χ1n) is 6.55. The Labute approximate surface area is 114 Å². The third-order valence-electron chi connectivity index (χ3n) is 3.85. The quantitative estimate of drug-likeness (QED) is 0.464. The largest absolute Gasteiger partial charge is 1.00 e. The van der Waals surface area contributed by atoms with Crippen molar-refractivity contribution in [3.8, 4) is 0 Å². The molecule has 0 radical (unpaired) electrons. The van der Waals surface area contributed by atoms with Gasteiger partial charge < -0.3 is 4.90 Å². The summed E-state index contributed by atoms with van der Waals surface area (Å²) in [7, 11) is 4.19. The molecule has 2 atom stereocenters. The van der Waals surface area contributed by atoms with Gasteiger partial charge in [0.05, 0.1) is 0 Å². The molecular weight excluding hydrogens is 191 g/mol. The van der Waals surface area contributed by atoms with E-state index in [1.165, 1.54) is 38.8 Å². The van der Waals surface area contributed by atoms with Crippen molar-refractivity contribution in [2.75, 3.05) is 19.6 Å². The van der Waals surface area contributed by atoms with Gasteiger partial charge in [-0.05, 0) is 38.5 Å². The van der Waals surface area contributed by atoms with Gasteiger partial charge >= 0.3 is 18.9 Å². The van der Waals surface area contributed by atoms with E-state index in [-0.39, 0.29) is 18.9 Å². The minimum Gasteiger partial charge on any atom is -0.456 e. The van der Waals surface area contributed by atoms with Crippen molar-refractivity contribution in [2.45, 2.75) is 58.5 Å². The van der Waals surface area contributed by atoms with Crippen LogP contribution in [-0.4, -0.2) is 41.5 Å². The fourth-order valence-corrected chi connectivity index (χ4v) is 2.87. The monoisotopic (exact) mass is 218 g/mol. The summed E-state index contributed by atoms with van der Waals surface area (Å²) >= 11 is 0. The Morgan fingerprint density at radius 1 is 0.938 bits per heavy atom. The van der Waals surface area contributed by atoms with E-state index in [0.717, 1.165) is 12.6 Å². The maximum Gasteiger partial charge on any atom is 1.00 e. The maximum absolute atomic E-state index is 4.19. The molecule has 0 aliphatic heterocycles. The molecule has 0 N–H and O–H groups in total. The van der Waals surface area contributed by atoms with E-state index in [1.54, 1.807) is 0 Å². The molecule has 0 spiro atoms. The molecule has 0 aromatic rings. The molecule has 2 nitrogen and oxygen atoms in total. The Balaban J connectivity index is 0.00000225. The van der Waals surface area contributed by atoms with Gasteiger partial charge in [-0.25, -0.2) is 0 Å². The van der Waals surface area contributed by atoms with Gasteiger partial charge in [0.2, 0.25) is 0 Å². The van der Waals surface area contributed by atoms with Gasteiger partial charge in [-0.15, -0.1) is 0 Å². The van der Waals surface area contributed by atoms with E-state index in [9.17, 15) is 0 Å². The van der Waals surface area contributed by atoms with Crippen molar-refractivity contribution in [1.82, 2.24) is 9.80 Å². The summed E-state index contributed by atoms with van der Waals surface area (Å²) < 4.78 is 0. The molecule has 1 saturated carbocycles. The van der Waals surface area contributed by atoms with Crippen LogP contribution in [0.4, 0.5) is 0 Å². The van der Waals surface area contributed by atoms with Crippen molar-refractivity contribution >= 4 is 0 Å². The number of hydrogen-bond donors (Lipinski definition) is 0. The molecule has 0 saturated heterocycles. The number of hydrogen-bond acceptors (Lipinski definition) is 2. The summed E-state index contributed by atoms with van der Waals surface area (Å²) in [5.41, 5.74) is 0. The zero-order chi connectivity index (χ0) is 11.3. The summed E-state index contributed by atoms with van der Waals surface area (Å²) in [6, 6.07) is 1.43. The van der Waals surface area contributed by atoms with E-state index in [1.807, 2.05) is 0 Å². The summed E-state index contributed by atoms with van der Waals surface area (Å²) in [5.74, 6) is 0. The van der Waals surface area contributed by atoms with Crippen molar-refractivity contribution in [2.24, 2.45) is 0 Å². The normalized spacial score (nSPS) is 25.9. The van der Waals surface area contributed by atoms with Crippen molar-refractivity contribution in [1.29, 1.82) is 0 Å². The molecule has 3 heteroatoms. The van der Waals surface area contributed by atoms with Gasteiger partial charge in [-0.2, -0.15) is 0 Å². The van der Waals surface area contributed by atoms with Gasteiger partial charge in [-0.3, -0.25) is 11.9 Å². The van der Waals surface area contributed by atoms with Crippen LogP contribution in [0.15, 0.2) is 0 Å².